The van der Waals surface area contributed by atoms with Crippen LogP contribution in [0.3, 0.4) is 0 Å². The fourth-order valence-corrected chi connectivity index (χ4v) is 1.65. The monoisotopic (exact) mass is 303 g/mol. The first kappa shape index (κ1) is 19.3. The molecular formula is C13H25N3O5. The van der Waals surface area contributed by atoms with Gasteiger partial charge in [0.2, 0.25) is 11.8 Å². The summed E-state index contributed by atoms with van der Waals surface area (Å²) < 4.78 is 0. The lowest BCUT2D eigenvalue weighted by Gasteiger charge is -2.24. The summed E-state index contributed by atoms with van der Waals surface area (Å²) in [6.45, 7) is 6.41. The van der Waals surface area contributed by atoms with E-state index in [9.17, 15) is 19.5 Å². The molecule has 122 valence electrons. The van der Waals surface area contributed by atoms with Gasteiger partial charge in [-0.1, -0.05) is 13.8 Å². The number of carboxylic acid groups (broad SMARTS) is 1. The van der Waals surface area contributed by atoms with Gasteiger partial charge in [0.15, 0.2) is 0 Å². The van der Waals surface area contributed by atoms with Crippen molar-refractivity contribution in [2.45, 2.75) is 58.3 Å². The molecule has 0 spiro atoms. The molecule has 4 atom stereocenters. The Morgan fingerprint density at radius 3 is 1.95 bits per heavy atom. The molecule has 21 heavy (non-hydrogen) atoms. The molecule has 8 heteroatoms. The van der Waals surface area contributed by atoms with Gasteiger partial charge in [0.1, 0.15) is 12.1 Å². The van der Waals surface area contributed by atoms with E-state index >= 15 is 0 Å². The normalized spacial score (nSPS) is 16.7. The fourth-order valence-electron chi connectivity index (χ4n) is 1.65. The number of nitrogens with one attached hydrogen (secondary N) is 2. The lowest BCUT2D eigenvalue weighted by molar-refractivity contribution is -0.142. The number of hydrogen-bond donors (Lipinski definition) is 5. The van der Waals surface area contributed by atoms with Gasteiger partial charge in [-0.05, 0) is 26.2 Å². The summed E-state index contributed by atoms with van der Waals surface area (Å²) in [6.07, 6.45) is -0.743. The quantitative estimate of drug-likeness (QED) is 0.382. The smallest absolute Gasteiger partial charge is 0.325 e. The van der Waals surface area contributed by atoms with Crippen molar-refractivity contribution >= 4 is 17.8 Å². The zero-order valence-electron chi connectivity index (χ0n) is 12.8. The van der Waals surface area contributed by atoms with Gasteiger partial charge in [-0.15, -0.1) is 0 Å². The number of hydrogen-bond acceptors (Lipinski definition) is 5. The van der Waals surface area contributed by atoms with Crippen molar-refractivity contribution in [2.75, 3.05) is 0 Å². The maximum Gasteiger partial charge on any atom is 0.325 e. The Bertz CT molecular complexity index is 384. The van der Waals surface area contributed by atoms with Crippen LogP contribution in [0.5, 0.6) is 0 Å². The van der Waals surface area contributed by atoms with Crippen molar-refractivity contribution in [1.82, 2.24) is 10.6 Å². The van der Waals surface area contributed by atoms with Gasteiger partial charge in [-0.2, -0.15) is 0 Å². The number of aliphatic hydroxyl groups is 1. The highest BCUT2D eigenvalue weighted by Crippen LogP contribution is 2.04. The van der Waals surface area contributed by atoms with Crippen molar-refractivity contribution in [1.29, 1.82) is 0 Å². The Labute approximate surface area is 124 Å². The number of rotatable bonds is 8. The summed E-state index contributed by atoms with van der Waals surface area (Å²) in [5, 5.41) is 22.9. The molecule has 0 bridgehead atoms. The summed E-state index contributed by atoms with van der Waals surface area (Å²) in [5.41, 5.74) is 5.70. The van der Waals surface area contributed by atoms with Crippen LogP contribution in [-0.4, -0.2) is 52.2 Å². The van der Waals surface area contributed by atoms with E-state index in [-0.39, 0.29) is 5.92 Å². The molecule has 0 aliphatic carbocycles. The third-order valence-electron chi connectivity index (χ3n) is 2.85. The van der Waals surface area contributed by atoms with E-state index in [2.05, 4.69) is 10.6 Å². The first-order valence-electron chi connectivity index (χ1n) is 6.83. The number of carbonyl (C=O) groups is 3. The number of amides is 2. The van der Waals surface area contributed by atoms with Crippen LogP contribution >= 0.6 is 0 Å². The summed E-state index contributed by atoms with van der Waals surface area (Å²) in [7, 11) is 0. The lowest BCUT2D eigenvalue weighted by atomic mass is 10.0. The lowest BCUT2D eigenvalue weighted by Crippen LogP contribution is -2.57. The first-order chi connectivity index (χ1) is 9.56. The number of nitrogens with two attached hydrogens (primary N) is 1. The van der Waals surface area contributed by atoms with Crippen LogP contribution in [0.15, 0.2) is 0 Å². The molecular weight excluding hydrogens is 278 g/mol. The fraction of sp³-hybridized carbons (Fsp3) is 0.769. The molecule has 0 saturated heterocycles. The van der Waals surface area contributed by atoms with Crippen molar-refractivity contribution in [3.63, 3.8) is 0 Å². The maximum atomic E-state index is 11.9. The number of aliphatic carboxylic acids is 1. The molecule has 0 fully saturated rings. The summed E-state index contributed by atoms with van der Waals surface area (Å²) in [4.78, 5) is 34.5. The number of aliphatic hydroxyl groups excluding tert-OH is 1. The Morgan fingerprint density at radius 2 is 1.57 bits per heavy atom. The second-order valence-corrected chi connectivity index (χ2v) is 5.53. The van der Waals surface area contributed by atoms with Gasteiger partial charge in [-0.25, -0.2) is 0 Å². The van der Waals surface area contributed by atoms with E-state index in [0.29, 0.717) is 6.42 Å². The predicted octanol–water partition coefficient (Wildman–Crippen LogP) is -1.19. The van der Waals surface area contributed by atoms with Crippen LogP contribution in [0.4, 0.5) is 0 Å². The highest BCUT2D eigenvalue weighted by molar-refractivity contribution is 5.92. The largest absolute Gasteiger partial charge is 0.480 e. The van der Waals surface area contributed by atoms with Crippen LogP contribution in [0.25, 0.3) is 0 Å². The molecule has 0 aliphatic heterocycles. The van der Waals surface area contributed by atoms with E-state index < -0.39 is 42.0 Å². The molecule has 0 rings (SSSR count). The molecule has 0 heterocycles. The Morgan fingerprint density at radius 1 is 1.05 bits per heavy atom. The molecule has 0 radical (unpaired) electrons. The molecule has 6 N–H and O–H groups in total. The van der Waals surface area contributed by atoms with Crippen LogP contribution in [0.2, 0.25) is 0 Å². The molecule has 0 saturated carbocycles. The van der Waals surface area contributed by atoms with Crippen LogP contribution < -0.4 is 16.4 Å². The van der Waals surface area contributed by atoms with E-state index in [1.807, 2.05) is 13.8 Å². The molecule has 4 unspecified atom stereocenters. The minimum absolute atomic E-state index is 0.205. The molecule has 0 aromatic rings. The third-order valence-corrected chi connectivity index (χ3v) is 2.85. The summed E-state index contributed by atoms with van der Waals surface area (Å²) >= 11 is 0. The van der Waals surface area contributed by atoms with Gasteiger partial charge < -0.3 is 26.6 Å². The minimum Gasteiger partial charge on any atom is -0.480 e. The van der Waals surface area contributed by atoms with E-state index in [1.54, 1.807) is 0 Å². The Kier molecular flexibility index (Phi) is 7.90. The van der Waals surface area contributed by atoms with Gasteiger partial charge in [-0.3, -0.25) is 14.4 Å². The van der Waals surface area contributed by atoms with Crippen LogP contribution in [0.1, 0.15) is 34.1 Å². The average Bonchev–Trinajstić information content (AvgIpc) is 2.33. The number of carbonyl (C=O) groups excluding carboxylic acids is 2. The average molecular weight is 303 g/mol. The zero-order valence-corrected chi connectivity index (χ0v) is 12.8. The van der Waals surface area contributed by atoms with Gasteiger partial charge in [0, 0.05) is 0 Å². The van der Waals surface area contributed by atoms with Crippen LogP contribution in [0, 0.1) is 5.92 Å². The molecule has 0 aliphatic rings. The molecule has 0 aromatic carbocycles. The maximum absolute atomic E-state index is 11.9. The van der Waals surface area contributed by atoms with E-state index in [1.165, 1.54) is 13.8 Å². The zero-order chi connectivity index (χ0) is 16.7. The van der Waals surface area contributed by atoms with E-state index in [4.69, 9.17) is 10.8 Å². The second kappa shape index (κ2) is 8.58. The van der Waals surface area contributed by atoms with E-state index in [0.717, 1.165) is 0 Å². The topological polar surface area (TPSA) is 142 Å². The third kappa shape index (κ3) is 7.05. The van der Waals surface area contributed by atoms with Gasteiger partial charge in [0.05, 0.1) is 12.1 Å². The number of carboxylic acids is 1. The molecule has 2 amide bonds. The van der Waals surface area contributed by atoms with Crippen molar-refractivity contribution in [3.8, 4) is 0 Å². The Balaban J connectivity index is 4.73. The minimum atomic E-state index is -1.25. The second-order valence-electron chi connectivity index (χ2n) is 5.53. The SMILES string of the molecule is CC(C)CC(N)C(=O)NC(C(=O)NC(C)C(=O)O)C(C)O. The highest BCUT2D eigenvalue weighted by Gasteiger charge is 2.29. The predicted molar refractivity (Wildman–Crippen MR) is 76.3 cm³/mol. The standard InChI is InChI=1S/C13H25N3O5/c1-6(2)5-9(14)11(18)16-10(8(4)17)12(19)15-7(3)13(20)21/h6-10,17H,5,14H2,1-4H3,(H,15,19)(H,16,18)(H,20,21). The summed E-state index contributed by atoms with van der Waals surface area (Å²) in [6, 6.07) is -3.17. The van der Waals surface area contributed by atoms with Crippen molar-refractivity contribution < 1.29 is 24.6 Å². The molecule has 8 nitrogen and oxygen atoms in total. The first-order valence-corrected chi connectivity index (χ1v) is 6.83. The summed E-state index contributed by atoms with van der Waals surface area (Å²) in [5.74, 6) is -2.34. The van der Waals surface area contributed by atoms with Gasteiger partial charge in [0.25, 0.3) is 0 Å². The van der Waals surface area contributed by atoms with Crippen molar-refractivity contribution in [2.24, 2.45) is 11.7 Å². The van der Waals surface area contributed by atoms with Crippen LogP contribution in [-0.2, 0) is 14.4 Å². The highest BCUT2D eigenvalue weighted by atomic mass is 16.4. The van der Waals surface area contributed by atoms with Gasteiger partial charge >= 0.3 is 5.97 Å². The Hall–Kier alpha value is -1.67. The molecule has 0 aromatic heterocycles. The van der Waals surface area contributed by atoms with Crippen molar-refractivity contribution in [3.05, 3.63) is 0 Å².